The molecule has 1 aromatic carbocycles. The molecule has 0 N–H and O–H groups in total. The summed E-state index contributed by atoms with van der Waals surface area (Å²) in [5.74, 6) is -9.22. The third kappa shape index (κ3) is 3.34. The Hall–Kier alpha value is -1.63. The number of nitrogens with zero attached hydrogens (tertiary/aromatic N) is 1. The van der Waals surface area contributed by atoms with Gasteiger partial charge in [0.2, 0.25) is 11.6 Å². The van der Waals surface area contributed by atoms with Gasteiger partial charge in [-0.25, -0.2) is 18.0 Å². The van der Waals surface area contributed by atoms with Crippen LogP contribution in [0.5, 0.6) is 5.75 Å². The van der Waals surface area contributed by atoms with Crippen LogP contribution in [-0.2, 0) is 4.79 Å². The summed E-state index contributed by atoms with van der Waals surface area (Å²) in [6.07, 6.45) is 0. The number of halogens is 4. The Balaban J connectivity index is 3.23. The van der Waals surface area contributed by atoms with Crippen molar-refractivity contribution in [3.8, 4) is 5.75 Å². The maximum absolute atomic E-state index is 13.7. The van der Waals surface area contributed by atoms with Gasteiger partial charge in [0.25, 0.3) is 0 Å². The third-order valence-electron chi connectivity index (χ3n) is 3.08. The Bertz CT molecular complexity index is 521. The summed E-state index contributed by atoms with van der Waals surface area (Å²) in [5.41, 5.74) is -0.596. The van der Waals surface area contributed by atoms with Crippen molar-refractivity contribution in [1.82, 2.24) is 4.90 Å². The molecule has 0 bridgehead atoms. The smallest absolute Gasteiger partial charge is 0.329 e. The van der Waals surface area contributed by atoms with Crippen LogP contribution in [-0.4, -0.2) is 31.0 Å². The van der Waals surface area contributed by atoms with E-state index in [1.54, 1.807) is 27.9 Å². The lowest BCUT2D eigenvalue weighted by Crippen LogP contribution is -2.42. The van der Waals surface area contributed by atoms with Gasteiger partial charge in [-0.15, -0.1) is 0 Å². The van der Waals surface area contributed by atoms with Crippen molar-refractivity contribution >= 4 is 5.97 Å². The van der Waals surface area contributed by atoms with Crippen molar-refractivity contribution in [2.45, 2.75) is 26.8 Å². The fourth-order valence-electron chi connectivity index (χ4n) is 2.08. The first kappa shape index (κ1) is 17.4. The Morgan fingerprint density at radius 3 is 1.90 bits per heavy atom. The lowest BCUT2D eigenvalue weighted by Gasteiger charge is -2.26. The predicted octanol–water partition coefficient (Wildman–Crippen LogP) is 3.04. The van der Waals surface area contributed by atoms with Crippen LogP contribution in [0.1, 0.15) is 19.4 Å². The van der Waals surface area contributed by atoms with E-state index in [0.717, 1.165) is 6.92 Å². The topological polar surface area (TPSA) is 29.5 Å². The number of benzene rings is 1. The van der Waals surface area contributed by atoms with Crippen molar-refractivity contribution in [3.63, 3.8) is 0 Å². The normalized spacial score (nSPS) is 12.9. The average molecular weight is 307 g/mol. The number of esters is 1. The second kappa shape index (κ2) is 6.43. The van der Waals surface area contributed by atoms with Gasteiger partial charge in [0.15, 0.2) is 17.4 Å². The quantitative estimate of drug-likeness (QED) is 0.281. The molecule has 0 spiro atoms. The lowest BCUT2D eigenvalue weighted by atomic mass is 10.0. The monoisotopic (exact) mass is 307 g/mol. The van der Waals surface area contributed by atoms with Crippen LogP contribution in [0.4, 0.5) is 17.6 Å². The first-order chi connectivity index (χ1) is 9.59. The molecule has 1 rings (SSSR count). The minimum Gasteiger partial charge on any atom is -0.422 e. The van der Waals surface area contributed by atoms with E-state index in [0.29, 0.717) is 0 Å². The van der Waals surface area contributed by atoms with Gasteiger partial charge in [-0.05, 0) is 26.9 Å². The number of ether oxygens (including phenoxy) is 1. The molecule has 1 aromatic rings. The molecule has 3 nitrogen and oxygen atoms in total. The third-order valence-corrected chi connectivity index (χ3v) is 3.08. The molecule has 0 aliphatic rings. The molecular formula is C14H17F4NO2. The average Bonchev–Trinajstić information content (AvgIpc) is 2.38. The molecule has 21 heavy (non-hydrogen) atoms. The van der Waals surface area contributed by atoms with E-state index in [1.807, 2.05) is 0 Å². The van der Waals surface area contributed by atoms with Gasteiger partial charge in [0.05, 0.1) is 0 Å². The lowest BCUT2D eigenvalue weighted by molar-refractivity contribution is -0.141. The first-order valence-electron chi connectivity index (χ1n) is 6.30. The molecule has 0 unspecified atom stereocenters. The summed E-state index contributed by atoms with van der Waals surface area (Å²) < 4.78 is 58.1. The summed E-state index contributed by atoms with van der Waals surface area (Å²) in [6, 6.07) is -0.736. The van der Waals surface area contributed by atoms with Crippen LogP contribution >= 0.6 is 0 Å². The minimum atomic E-state index is -2.01. The van der Waals surface area contributed by atoms with Gasteiger partial charge in [-0.2, -0.15) is 4.39 Å². The zero-order valence-corrected chi connectivity index (χ0v) is 12.4. The van der Waals surface area contributed by atoms with Crippen molar-refractivity contribution in [1.29, 1.82) is 0 Å². The van der Waals surface area contributed by atoms with E-state index in [1.165, 1.54) is 4.90 Å². The van der Waals surface area contributed by atoms with Crippen LogP contribution in [0.15, 0.2) is 0 Å². The molecule has 0 saturated heterocycles. The summed E-state index contributed by atoms with van der Waals surface area (Å²) in [5, 5.41) is 0. The van der Waals surface area contributed by atoms with E-state index < -0.39 is 46.6 Å². The molecule has 118 valence electrons. The van der Waals surface area contributed by atoms with Crippen LogP contribution in [0.3, 0.4) is 0 Å². The highest BCUT2D eigenvalue weighted by Crippen LogP contribution is 2.30. The number of hydrogen-bond acceptors (Lipinski definition) is 3. The SMILES string of the molecule is Cc1c(F)c(F)c(F)c(F)c1OC(=O)[C@H](C(C)C)N(C)C. The van der Waals surface area contributed by atoms with Gasteiger partial charge in [-0.3, -0.25) is 4.90 Å². The van der Waals surface area contributed by atoms with E-state index in [-0.39, 0.29) is 5.92 Å². The number of rotatable bonds is 4. The largest absolute Gasteiger partial charge is 0.422 e. The van der Waals surface area contributed by atoms with E-state index in [2.05, 4.69) is 0 Å². The van der Waals surface area contributed by atoms with Crippen molar-refractivity contribution in [2.24, 2.45) is 5.92 Å². The number of carbonyl (C=O) groups excluding carboxylic acids is 1. The zero-order valence-electron chi connectivity index (χ0n) is 12.4. The highest BCUT2D eigenvalue weighted by molar-refractivity contribution is 5.78. The van der Waals surface area contributed by atoms with E-state index in [9.17, 15) is 22.4 Å². The Morgan fingerprint density at radius 2 is 1.48 bits per heavy atom. The fourth-order valence-corrected chi connectivity index (χ4v) is 2.08. The minimum absolute atomic E-state index is 0.175. The van der Waals surface area contributed by atoms with Gasteiger partial charge in [0.1, 0.15) is 6.04 Å². The van der Waals surface area contributed by atoms with Gasteiger partial charge in [0, 0.05) is 5.56 Å². The summed E-state index contributed by atoms with van der Waals surface area (Å²) in [4.78, 5) is 13.6. The van der Waals surface area contributed by atoms with Crippen molar-refractivity contribution in [2.75, 3.05) is 14.1 Å². The van der Waals surface area contributed by atoms with Gasteiger partial charge < -0.3 is 4.74 Å². The fraction of sp³-hybridized carbons (Fsp3) is 0.500. The second-order valence-electron chi connectivity index (χ2n) is 5.28. The molecule has 0 aromatic heterocycles. The highest BCUT2D eigenvalue weighted by atomic mass is 19.2. The second-order valence-corrected chi connectivity index (χ2v) is 5.28. The predicted molar refractivity (Wildman–Crippen MR) is 69.0 cm³/mol. The maximum Gasteiger partial charge on any atom is 0.329 e. The van der Waals surface area contributed by atoms with E-state index >= 15 is 0 Å². The van der Waals surface area contributed by atoms with Crippen LogP contribution in [0.25, 0.3) is 0 Å². The molecule has 1 atom stereocenters. The van der Waals surface area contributed by atoms with Gasteiger partial charge >= 0.3 is 5.97 Å². The van der Waals surface area contributed by atoms with Crippen molar-refractivity contribution in [3.05, 3.63) is 28.8 Å². The maximum atomic E-state index is 13.7. The number of hydrogen-bond donors (Lipinski definition) is 0. The summed E-state index contributed by atoms with van der Waals surface area (Å²) in [6.45, 7) is 4.48. The van der Waals surface area contributed by atoms with Crippen LogP contribution in [0, 0.1) is 36.1 Å². The summed E-state index contributed by atoms with van der Waals surface area (Å²) in [7, 11) is 3.22. The van der Waals surface area contributed by atoms with E-state index in [4.69, 9.17) is 4.74 Å². The summed E-state index contributed by atoms with van der Waals surface area (Å²) >= 11 is 0. The van der Waals surface area contributed by atoms with Crippen molar-refractivity contribution < 1.29 is 27.1 Å². The molecule has 0 aliphatic heterocycles. The molecule has 0 saturated carbocycles. The first-order valence-corrected chi connectivity index (χ1v) is 6.30. The van der Waals surface area contributed by atoms with Crippen LogP contribution in [0.2, 0.25) is 0 Å². The molecule has 0 fully saturated rings. The Kier molecular flexibility index (Phi) is 5.33. The number of carbonyl (C=O) groups is 1. The standard InChI is InChI=1S/C14H17F4NO2/c1-6(2)12(19(4)5)14(20)21-13-7(3)8(15)9(16)10(17)11(13)18/h6,12H,1-5H3/t12-/m0/s1. The molecule has 0 heterocycles. The Labute approximate surface area is 120 Å². The zero-order chi connectivity index (χ0) is 16.5. The molecular weight excluding hydrogens is 290 g/mol. The molecule has 0 radical (unpaired) electrons. The molecule has 7 heteroatoms. The number of likely N-dealkylation sites (N-methyl/N-ethyl adjacent to an activating group) is 1. The van der Waals surface area contributed by atoms with Crippen LogP contribution < -0.4 is 4.74 Å². The van der Waals surface area contributed by atoms with Gasteiger partial charge in [-0.1, -0.05) is 13.8 Å². The molecule has 0 amide bonds. The highest BCUT2D eigenvalue weighted by Gasteiger charge is 2.30. The molecule has 0 aliphatic carbocycles. The Morgan fingerprint density at radius 1 is 1.00 bits per heavy atom.